The van der Waals surface area contributed by atoms with Gasteiger partial charge in [0.05, 0.1) is 44.5 Å². The predicted molar refractivity (Wildman–Crippen MR) is 149 cm³/mol. The largest absolute Gasteiger partial charge is 0.872 e. The van der Waals surface area contributed by atoms with E-state index in [1.54, 1.807) is 7.11 Å². The Balaban J connectivity index is 0.000000298. The molecule has 4 aromatic carbocycles. The Kier molecular flexibility index (Phi) is 9.61. The van der Waals surface area contributed by atoms with Crippen LogP contribution in [0, 0.1) is 0 Å². The van der Waals surface area contributed by atoms with Crippen LogP contribution < -0.4 is 24.4 Å². The van der Waals surface area contributed by atoms with Crippen LogP contribution in [0.15, 0.2) is 91.0 Å². The number of para-hydroxylation sites is 3. The van der Waals surface area contributed by atoms with E-state index < -0.39 is 17.8 Å². The second-order valence-corrected chi connectivity index (χ2v) is 9.36. The van der Waals surface area contributed by atoms with Crippen LogP contribution in [0.3, 0.4) is 0 Å². The molecule has 204 valence electrons. The van der Waals surface area contributed by atoms with Crippen molar-refractivity contribution in [1.82, 2.24) is 0 Å². The van der Waals surface area contributed by atoms with Gasteiger partial charge in [-0.25, -0.2) is 4.79 Å². The normalized spacial score (nSPS) is 14.3. The number of quaternary nitrogens is 1. The average molecular weight is 531 g/mol. The fourth-order valence-corrected chi connectivity index (χ4v) is 4.70. The van der Waals surface area contributed by atoms with Gasteiger partial charge in [0.15, 0.2) is 0 Å². The molecule has 1 aliphatic heterocycles. The summed E-state index contributed by atoms with van der Waals surface area (Å²) in [7, 11) is 1.71. The van der Waals surface area contributed by atoms with Gasteiger partial charge >= 0.3 is 5.97 Å². The molecule has 0 bridgehead atoms. The maximum atomic E-state index is 10.7. The first-order chi connectivity index (χ1) is 19.0. The van der Waals surface area contributed by atoms with Gasteiger partial charge in [-0.15, -0.1) is 0 Å². The van der Waals surface area contributed by atoms with E-state index in [2.05, 4.69) is 29.2 Å². The minimum atomic E-state index is -1.18. The number of ether oxygens (including phenoxy) is 2. The van der Waals surface area contributed by atoms with E-state index in [4.69, 9.17) is 14.6 Å². The molecule has 1 fully saturated rings. The first-order valence-corrected chi connectivity index (χ1v) is 13.0. The summed E-state index contributed by atoms with van der Waals surface area (Å²) in [4.78, 5) is 14.0. The molecule has 8 nitrogen and oxygen atoms in total. The maximum Gasteiger partial charge on any atom is 0.335 e. The first kappa shape index (κ1) is 27.8. The zero-order valence-corrected chi connectivity index (χ0v) is 22.0. The van der Waals surface area contributed by atoms with Crippen LogP contribution in [0.4, 0.5) is 5.69 Å². The summed E-state index contributed by atoms with van der Waals surface area (Å²) in [6.07, 6.45) is -0.484. The quantitative estimate of drug-likeness (QED) is 0.321. The van der Waals surface area contributed by atoms with Gasteiger partial charge in [-0.3, -0.25) is 0 Å². The van der Waals surface area contributed by atoms with E-state index in [1.807, 2.05) is 42.5 Å². The fourth-order valence-electron chi connectivity index (χ4n) is 4.70. The van der Waals surface area contributed by atoms with Gasteiger partial charge in [0.2, 0.25) is 0 Å². The number of piperazine rings is 1. The van der Waals surface area contributed by atoms with Crippen molar-refractivity contribution < 1.29 is 34.5 Å². The lowest BCUT2D eigenvalue weighted by Crippen LogP contribution is -3.16. The Hall–Kier alpha value is -4.27. The van der Waals surface area contributed by atoms with Crippen LogP contribution in [-0.2, 0) is 0 Å². The molecule has 0 aliphatic carbocycles. The van der Waals surface area contributed by atoms with Crippen molar-refractivity contribution in [3.05, 3.63) is 96.6 Å². The highest BCUT2D eigenvalue weighted by atomic mass is 16.5. The Morgan fingerprint density at radius 2 is 1.56 bits per heavy atom. The predicted octanol–water partition coefficient (Wildman–Crippen LogP) is 2.45. The molecule has 0 spiro atoms. The molecule has 0 radical (unpaired) electrons. The Morgan fingerprint density at radius 1 is 0.923 bits per heavy atom. The number of carboxylic acids is 1. The molecule has 1 heterocycles. The van der Waals surface area contributed by atoms with Crippen molar-refractivity contribution in [3.8, 4) is 17.2 Å². The average Bonchev–Trinajstić information content (AvgIpc) is 2.97. The van der Waals surface area contributed by atoms with Crippen molar-refractivity contribution in [3.63, 3.8) is 0 Å². The molecule has 0 aromatic heterocycles. The molecule has 0 amide bonds. The van der Waals surface area contributed by atoms with Crippen molar-refractivity contribution in [2.24, 2.45) is 0 Å². The van der Waals surface area contributed by atoms with Crippen LogP contribution in [-0.4, -0.2) is 68.7 Å². The number of hydrogen-bond donors (Lipinski definition) is 3. The van der Waals surface area contributed by atoms with Crippen LogP contribution in [0.2, 0.25) is 0 Å². The number of carbonyl (C=O) groups is 1. The summed E-state index contributed by atoms with van der Waals surface area (Å²) in [6.45, 7) is 4.89. The lowest BCUT2D eigenvalue weighted by Gasteiger charge is -2.35. The molecule has 1 aliphatic rings. The number of fused-ring (bicyclic) bond motifs is 1. The SMILES string of the molecule is COc1ccccc1N1CC[NH+](C[C@H](O)COc2cccc3ccccc23)CC1.O=C(O)c1ccccc1[O-]. The number of aromatic carboxylic acids is 1. The van der Waals surface area contributed by atoms with E-state index in [0.717, 1.165) is 54.1 Å². The molecule has 1 atom stereocenters. The van der Waals surface area contributed by atoms with Crippen molar-refractivity contribution in [2.45, 2.75) is 6.10 Å². The van der Waals surface area contributed by atoms with E-state index in [0.29, 0.717) is 13.2 Å². The molecule has 8 heteroatoms. The van der Waals surface area contributed by atoms with Crippen molar-refractivity contribution >= 4 is 22.4 Å². The number of benzene rings is 4. The smallest absolute Gasteiger partial charge is 0.335 e. The van der Waals surface area contributed by atoms with Gasteiger partial charge in [0.25, 0.3) is 0 Å². The summed E-state index contributed by atoms with van der Waals surface area (Å²) in [5.74, 6) is 0.123. The molecule has 3 N–H and O–H groups in total. The summed E-state index contributed by atoms with van der Waals surface area (Å²) in [6, 6.07) is 27.9. The highest BCUT2D eigenvalue weighted by Crippen LogP contribution is 2.27. The molecule has 0 saturated carbocycles. The fraction of sp³-hybridized carbons (Fsp3) is 0.258. The third-order valence-electron chi connectivity index (χ3n) is 6.72. The standard InChI is InChI=1S/C24H28N2O3.C7H6O3/c1-28-24-11-5-4-10-22(24)26-15-13-25(14-16-26)17-20(27)18-29-23-12-6-8-19-7-2-3-9-21(19)23;8-6-4-2-1-3-5(6)7(9)10/h2-12,20,27H,13-18H2,1H3;1-4,8H,(H,9,10)/t20-;/m0./s1. The van der Waals surface area contributed by atoms with Crippen LogP contribution in [0.5, 0.6) is 17.2 Å². The number of carboxylic acid groups (broad SMARTS) is 1. The molecular weight excluding hydrogens is 496 g/mol. The second kappa shape index (κ2) is 13.5. The monoisotopic (exact) mass is 530 g/mol. The van der Waals surface area contributed by atoms with Gasteiger partial charge in [0.1, 0.15) is 30.8 Å². The molecule has 39 heavy (non-hydrogen) atoms. The Morgan fingerprint density at radius 3 is 2.28 bits per heavy atom. The van der Waals surface area contributed by atoms with Gasteiger partial charge in [0, 0.05) is 5.39 Å². The maximum absolute atomic E-state index is 10.7. The highest BCUT2D eigenvalue weighted by molar-refractivity contribution is 5.90. The van der Waals surface area contributed by atoms with Crippen LogP contribution >= 0.6 is 0 Å². The lowest BCUT2D eigenvalue weighted by atomic mass is 10.1. The third kappa shape index (κ3) is 7.40. The van der Waals surface area contributed by atoms with Crippen molar-refractivity contribution in [2.75, 3.05) is 51.3 Å². The zero-order chi connectivity index (χ0) is 27.6. The number of aliphatic hydroxyl groups excluding tert-OH is 1. The minimum Gasteiger partial charge on any atom is -0.872 e. The van der Waals surface area contributed by atoms with E-state index in [1.165, 1.54) is 29.2 Å². The molecule has 5 rings (SSSR count). The topological polar surface area (TPSA) is 107 Å². The number of nitrogens with zero attached hydrogens (tertiary/aromatic N) is 1. The molecule has 1 saturated heterocycles. The molecule has 0 unspecified atom stereocenters. The molecular formula is C31H34N2O6. The number of hydrogen-bond acceptors (Lipinski definition) is 6. The molecule has 4 aromatic rings. The summed E-state index contributed by atoms with van der Waals surface area (Å²) < 4.78 is 11.4. The Labute approximate surface area is 228 Å². The van der Waals surface area contributed by atoms with E-state index >= 15 is 0 Å². The van der Waals surface area contributed by atoms with Gasteiger partial charge < -0.3 is 34.6 Å². The summed E-state index contributed by atoms with van der Waals surface area (Å²) >= 11 is 0. The summed E-state index contributed by atoms with van der Waals surface area (Å²) in [5, 5.41) is 31.8. The number of nitrogens with one attached hydrogen (secondary N) is 1. The van der Waals surface area contributed by atoms with Crippen LogP contribution in [0.25, 0.3) is 10.8 Å². The minimum absolute atomic E-state index is 0.178. The zero-order valence-electron chi connectivity index (χ0n) is 22.0. The van der Waals surface area contributed by atoms with E-state index in [9.17, 15) is 15.0 Å². The van der Waals surface area contributed by atoms with Gasteiger partial charge in [-0.05, 0) is 29.7 Å². The summed E-state index contributed by atoms with van der Waals surface area (Å²) in [5.41, 5.74) is 0.969. The third-order valence-corrected chi connectivity index (χ3v) is 6.72. The lowest BCUT2D eigenvalue weighted by molar-refractivity contribution is -0.903. The van der Waals surface area contributed by atoms with E-state index in [-0.39, 0.29) is 5.56 Å². The van der Waals surface area contributed by atoms with Gasteiger partial charge in [-0.1, -0.05) is 72.5 Å². The first-order valence-electron chi connectivity index (χ1n) is 13.0. The van der Waals surface area contributed by atoms with Crippen LogP contribution in [0.1, 0.15) is 10.4 Å². The number of methoxy groups -OCH3 is 1. The Bertz CT molecular complexity index is 1360. The van der Waals surface area contributed by atoms with Gasteiger partial charge in [-0.2, -0.15) is 0 Å². The highest BCUT2D eigenvalue weighted by Gasteiger charge is 2.24. The van der Waals surface area contributed by atoms with Crippen molar-refractivity contribution in [1.29, 1.82) is 0 Å². The second-order valence-electron chi connectivity index (χ2n) is 9.36. The number of rotatable bonds is 8. The number of aliphatic hydroxyl groups is 1. The number of anilines is 1.